The fourth-order valence-electron chi connectivity index (χ4n) is 1.28. The van der Waals surface area contributed by atoms with Gasteiger partial charge < -0.3 is 15.4 Å². The molecule has 0 aromatic carbocycles. The lowest BCUT2D eigenvalue weighted by Crippen LogP contribution is -2.36. The Hall–Kier alpha value is -1.33. The molecule has 0 aromatic heterocycles. The molecule has 0 bridgehead atoms. The van der Waals surface area contributed by atoms with Crippen LogP contribution in [0.4, 0.5) is 4.39 Å². The second-order valence-electron chi connectivity index (χ2n) is 5.70. The van der Waals surface area contributed by atoms with E-state index in [-0.39, 0.29) is 11.4 Å². The van der Waals surface area contributed by atoms with Crippen LogP contribution in [0.3, 0.4) is 0 Å². The fraction of sp³-hybridized carbons (Fsp3) is 0.684. The van der Waals surface area contributed by atoms with Crippen LogP contribution < -0.4 is 10.6 Å². The molecule has 0 aliphatic heterocycles. The Kier molecular flexibility index (Phi) is 24.8. The number of aldehydes is 1. The van der Waals surface area contributed by atoms with Crippen LogP contribution in [0.15, 0.2) is 29.2 Å². The summed E-state index contributed by atoms with van der Waals surface area (Å²) in [6.07, 6.45) is 9.39. The third kappa shape index (κ3) is 32.6. The molecule has 0 heterocycles. The van der Waals surface area contributed by atoms with Crippen LogP contribution in [0.5, 0.6) is 0 Å². The van der Waals surface area contributed by atoms with Crippen molar-refractivity contribution >= 4 is 12.5 Å². The van der Waals surface area contributed by atoms with Crippen molar-refractivity contribution < 1.29 is 9.18 Å². The van der Waals surface area contributed by atoms with Gasteiger partial charge in [-0.3, -0.25) is 4.99 Å². The summed E-state index contributed by atoms with van der Waals surface area (Å²) in [6.45, 7) is 13.9. The van der Waals surface area contributed by atoms with E-state index in [2.05, 4.69) is 36.4 Å². The van der Waals surface area contributed by atoms with Gasteiger partial charge in [-0.1, -0.05) is 19.9 Å². The number of hydrogen-bond acceptors (Lipinski definition) is 4. The van der Waals surface area contributed by atoms with Gasteiger partial charge >= 0.3 is 0 Å². The number of halogens is 1. The lowest BCUT2D eigenvalue weighted by atomic mass is 10.1. The van der Waals surface area contributed by atoms with Gasteiger partial charge in [0.15, 0.2) is 0 Å². The van der Waals surface area contributed by atoms with E-state index >= 15 is 0 Å². The molecular formula is C19H38FN3O. The van der Waals surface area contributed by atoms with E-state index in [0.717, 1.165) is 32.2 Å². The van der Waals surface area contributed by atoms with E-state index in [1.54, 1.807) is 19.2 Å². The maximum absolute atomic E-state index is 12.9. The van der Waals surface area contributed by atoms with E-state index in [1.165, 1.54) is 12.3 Å². The summed E-state index contributed by atoms with van der Waals surface area (Å²) in [6, 6.07) is 0. The van der Waals surface area contributed by atoms with Crippen LogP contribution in [-0.4, -0.2) is 38.2 Å². The molecule has 5 heteroatoms. The first-order chi connectivity index (χ1) is 11.4. The zero-order chi connectivity index (χ0) is 19.3. The third-order valence-corrected chi connectivity index (χ3v) is 2.34. The molecule has 2 N–H and O–H groups in total. The zero-order valence-corrected chi connectivity index (χ0v) is 16.7. The quantitative estimate of drug-likeness (QED) is 0.282. The van der Waals surface area contributed by atoms with Crippen LogP contribution >= 0.6 is 0 Å². The highest BCUT2D eigenvalue weighted by atomic mass is 19.1. The molecule has 0 atom stereocenters. The standard InChI is InChI=1S/C12H21FN2.C5H11NO.C2H6/c1-5-14-10-11(13)8-6-7-9-15-12(2,3)4;1-6-4-2-3-5-7;1-2/h5-6,8,10,15H,7,9H2,1-4H3;5-6H,2-4H2,1H3;1-2H3/b8-6+,11-10+,14-5?;;. The average molecular weight is 344 g/mol. The Morgan fingerprint density at radius 3 is 2.25 bits per heavy atom. The predicted molar refractivity (Wildman–Crippen MR) is 105 cm³/mol. The van der Waals surface area contributed by atoms with Gasteiger partial charge in [0.05, 0.1) is 6.20 Å². The maximum atomic E-state index is 12.9. The molecule has 0 amide bonds. The lowest BCUT2D eigenvalue weighted by molar-refractivity contribution is -0.107. The summed E-state index contributed by atoms with van der Waals surface area (Å²) in [5.74, 6) is -0.316. The number of hydrogen-bond donors (Lipinski definition) is 2. The van der Waals surface area contributed by atoms with Gasteiger partial charge in [-0.05, 0) is 66.7 Å². The van der Waals surface area contributed by atoms with Gasteiger partial charge in [0.25, 0.3) is 0 Å². The highest BCUT2D eigenvalue weighted by Crippen LogP contribution is 2.01. The number of allylic oxidation sites excluding steroid dienone is 2. The van der Waals surface area contributed by atoms with Crippen molar-refractivity contribution in [3.8, 4) is 0 Å². The molecule has 0 radical (unpaired) electrons. The number of nitrogens with one attached hydrogen (secondary N) is 2. The topological polar surface area (TPSA) is 53.5 Å². The summed E-state index contributed by atoms with van der Waals surface area (Å²) in [5, 5.41) is 6.26. The molecule has 0 saturated heterocycles. The van der Waals surface area contributed by atoms with Gasteiger partial charge in [0, 0.05) is 18.2 Å². The van der Waals surface area contributed by atoms with Crippen LogP contribution in [0, 0.1) is 0 Å². The molecular weight excluding hydrogens is 305 g/mol. The predicted octanol–water partition coefficient (Wildman–Crippen LogP) is 4.43. The van der Waals surface area contributed by atoms with E-state index in [4.69, 9.17) is 0 Å². The van der Waals surface area contributed by atoms with Crippen molar-refractivity contribution in [2.24, 2.45) is 4.99 Å². The highest BCUT2D eigenvalue weighted by molar-refractivity contribution is 5.54. The van der Waals surface area contributed by atoms with Crippen molar-refractivity contribution in [2.75, 3.05) is 20.1 Å². The molecule has 24 heavy (non-hydrogen) atoms. The minimum absolute atomic E-state index is 0.120. The van der Waals surface area contributed by atoms with Crippen molar-refractivity contribution in [3.63, 3.8) is 0 Å². The third-order valence-electron chi connectivity index (χ3n) is 2.34. The van der Waals surface area contributed by atoms with Gasteiger partial charge in [-0.15, -0.1) is 0 Å². The molecule has 0 fully saturated rings. The first kappa shape index (κ1) is 27.5. The summed E-state index contributed by atoms with van der Waals surface area (Å²) in [4.78, 5) is 13.3. The Labute approximate surface area is 148 Å². The van der Waals surface area contributed by atoms with Crippen molar-refractivity contribution in [1.82, 2.24) is 10.6 Å². The normalized spacial score (nSPS) is 11.8. The Morgan fingerprint density at radius 1 is 1.17 bits per heavy atom. The van der Waals surface area contributed by atoms with Gasteiger partial charge in [-0.25, -0.2) is 4.39 Å². The molecule has 0 aliphatic carbocycles. The molecule has 0 aromatic rings. The number of carbonyl (C=O) groups excluding carboxylic acids is 1. The molecule has 4 nitrogen and oxygen atoms in total. The zero-order valence-electron chi connectivity index (χ0n) is 16.7. The minimum atomic E-state index is -0.316. The van der Waals surface area contributed by atoms with Gasteiger partial charge in [0.2, 0.25) is 0 Å². The summed E-state index contributed by atoms with van der Waals surface area (Å²) >= 11 is 0. The van der Waals surface area contributed by atoms with Crippen molar-refractivity contribution in [2.45, 2.75) is 66.3 Å². The van der Waals surface area contributed by atoms with E-state index in [1.807, 2.05) is 20.9 Å². The van der Waals surface area contributed by atoms with E-state index in [0.29, 0.717) is 6.42 Å². The van der Waals surface area contributed by atoms with Gasteiger partial charge in [-0.2, -0.15) is 0 Å². The molecule has 0 spiro atoms. The highest BCUT2D eigenvalue weighted by Gasteiger charge is 2.06. The fourth-order valence-corrected chi connectivity index (χ4v) is 1.28. The van der Waals surface area contributed by atoms with Crippen molar-refractivity contribution in [3.05, 3.63) is 24.2 Å². The minimum Gasteiger partial charge on any atom is -0.320 e. The van der Waals surface area contributed by atoms with Crippen LogP contribution in [-0.2, 0) is 4.79 Å². The Bertz CT molecular complexity index is 345. The van der Waals surface area contributed by atoms with Crippen LogP contribution in [0.1, 0.15) is 60.8 Å². The lowest BCUT2D eigenvalue weighted by Gasteiger charge is -2.19. The second kappa shape index (κ2) is 21.7. The number of unbranched alkanes of at least 4 members (excludes halogenated alkanes) is 1. The summed E-state index contributed by atoms with van der Waals surface area (Å²) in [7, 11) is 1.88. The van der Waals surface area contributed by atoms with Crippen LogP contribution in [0.25, 0.3) is 0 Å². The Balaban J connectivity index is -0.000000410. The second-order valence-corrected chi connectivity index (χ2v) is 5.70. The molecule has 142 valence electrons. The first-order valence-electron chi connectivity index (χ1n) is 8.70. The molecule has 0 saturated carbocycles. The monoisotopic (exact) mass is 343 g/mol. The SMILES string of the molecule is CC.CC=N/C=C(F)\C=C\CCNC(C)(C)C.CNCCCC=O. The first-order valence-corrected chi connectivity index (χ1v) is 8.70. The molecule has 0 rings (SSSR count). The molecule has 0 aliphatic rings. The summed E-state index contributed by atoms with van der Waals surface area (Å²) in [5.41, 5.74) is 0.120. The largest absolute Gasteiger partial charge is 0.320 e. The summed E-state index contributed by atoms with van der Waals surface area (Å²) < 4.78 is 12.9. The number of aliphatic imine (C=N–C) groups is 1. The number of carbonyl (C=O) groups is 1. The number of rotatable bonds is 9. The molecule has 0 unspecified atom stereocenters. The van der Waals surface area contributed by atoms with E-state index < -0.39 is 0 Å². The average Bonchev–Trinajstić information content (AvgIpc) is 2.54. The van der Waals surface area contributed by atoms with E-state index in [9.17, 15) is 9.18 Å². The van der Waals surface area contributed by atoms with Crippen molar-refractivity contribution in [1.29, 1.82) is 0 Å². The number of nitrogens with zero attached hydrogens (tertiary/aromatic N) is 1. The Morgan fingerprint density at radius 2 is 1.79 bits per heavy atom. The smallest absolute Gasteiger partial charge is 0.141 e. The maximum Gasteiger partial charge on any atom is 0.141 e. The van der Waals surface area contributed by atoms with Gasteiger partial charge in [0.1, 0.15) is 12.1 Å². The van der Waals surface area contributed by atoms with Crippen LogP contribution in [0.2, 0.25) is 0 Å².